The molecule has 10 nitrogen and oxygen atoms in total. The predicted octanol–water partition coefficient (Wildman–Crippen LogP) is 0.542. The minimum Gasteiger partial charge on any atom is -0.458 e. The number of aliphatic hydroxyl groups is 6. The molecule has 1 saturated heterocycles. The third-order valence-corrected chi connectivity index (χ3v) is 12.2. The molecule has 0 radical (unpaired) electrons. The molecule has 0 bridgehead atoms. The Labute approximate surface area is 229 Å². The van der Waals surface area contributed by atoms with Crippen molar-refractivity contribution in [3.8, 4) is 0 Å². The minimum atomic E-state index is -1.41. The van der Waals surface area contributed by atoms with E-state index >= 15 is 0 Å². The predicted molar refractivity (Wildman–Crippen MR) is 136 cm³/mol. The van der Waals surface area contributed by atoms with E-state index in [1.165, 1.54) is 0 Å². The molecule has 2 heterocycles. The number of ether oxygens (including phenoxy) is 3. The smallest absolute Gasteiger partial charge is 0.331 e. The van der Waals surface area contributed by atoms with Crippen LogP contribution in [0, 0.1) is 28.6 Å². The van der Waals surface area contributed by atoms with Gasteiger partial charge in [0.15, 0.2) is 6.29 Å². The van der Waals surface area contributed by atoms with Gasteiger partial charge in [0.1, 0.15) is 24.9 Å². The van der Waals surface area contributed by atoms with Crippen LogP contribution in [0.2, 0.25) is 0 Å². The highest BCUT2D eigenvalue weighted by Gasteiger charge is 2.72. The van der Waals surface area contributed by atoms with Crippen LogP contribution in [-0.2, 0) is 19.0 Å². The highest BCUT2D eigenvalue weighted by Crippen LogP contribution is 2.70. The molecule has 0 aromatic heterocycles. The molecule has 14 unspecified atom stereocenters. The van der Waals surface area contributed by atoms with E-state index in [0.29, 0.717) is 38.5 Å². The van der Waals surface area contributed by atoms with Crippen molar-refractivity contribution < 1.29 is 49.6 Å². The molecule has 6 aliphatic rings. The lowest BCUT2D eigenvalue weighted by molar-refractivity contribution is -0.323. The summed E-state index contributed by atoms with van der Waals surface area (Å²) >= 11 is 0. The second-order valence-electron chi connectivity index (χ2n) is 13.8. The number of cyclic esters (lactones) is 1. The Hall–Kier alpha value is -1.11. The Kier molecular flexibility index (Phi) is 6.61. The first-order chi connectivity index (χ1) is 18.2. The quantitative estimate of drug-likeness (QED) is 0.215. The van der Waals surface area contributed by atoms with Gasteiger partial charge in [0.25, 0.3) is 0 Å². The molecular weight excluding hydrogens is 508 g/mol. The molecule has 5 fully saturated rings. The van der Waals surface area contributed by atoms with Crippen LogP contribution >= 0.6 is 0 Å². The SMILES string of the molecule is CC1OC(OC2CCC3(C)C4C(O)CC5(C)C(C6=CC(=O)OC6)CCC5(O)C4CCC3(O)C2)C(O)C(O)C1O. The zero-order valence-corrected chi connectivity index (χ0v) is 23.0. The Morgan fingerprint density at radius 1 is 0.923 bits per heavy atom. The van der Waals surface area contributed by atoms with Crippen molar-refractivity contribution in [3.63, 3.8) is 0 Å². The van der Waals surface area contributed by atoms with Crippen molar-refractivity contribution in [1.82, 2.24) is 0 Å². The van der Waals surface area contributed by atoms with Crippen molar-refractivity contribution in [2.45, 2.75) is 126 Å². The number of aliphatic hydroxyl groups excluding tert-OH is 4. The molecule has 0 spiro atoms. The summed E-state index contributed by atoms with van der Waals surface area (Å²) in [4.78, 5) is 11.8. The molecule has 10 heteroatoms. The van der Waals surface area contributed by atoms with Gasteiger partial charge in [0, 0.05) is 23.3 Å². The van der Waals surface area contributed by atoms with Crippen molar-refractivity contribution in [2.24, 2.45) is 28.6 Å². The molecule has 6 rings (SSSR count). The van der Waals surface area contributed by atoms with E-state index in [9.17, 15) is 35.4 Å². The summed E-state index contributed by atoms with van der Waals surface area (Å²) in [6, 6.07) is 0. The molecule has 2 aliphatic heterocycles. The molecule has 14 atom stereocenters. The number of esters is 1. The first-order valence-electron chi connectivity index (χ1n) is 14.6. The van der Waals surface area contributed by atoms with Crippen LogP contribution in [0.1, 0.15) is 72.1 Å². The Bertz CT molecular complexity index is 1030. The summed E-state index contributed by atoms with van der Waals surface area (Å²) in [5, 5.41) is 66.9. The number of fused-ring (bicyclic) bond motifs is 5. The number of carbonyl (C=O) groups excluding carboxylic acids is 1. The van der Waals surface area contributed by atoms with E-state index < -0.39 is 64.9 Å². The van der Waals surface area contributed by atoms with Crippen LogP contribution in [0.5, 0.6) is 0 Å². The summed E-state index contributed by atoms with van der Waals surface area (Å²) in [7, 11) is 0. The van der Waals surface area contributed by atoms with Crippen molar-refractivity contribution in [1.29, 1.82) is 0 Å². The van der Waals surface area contributed by atoms with E-state index in [1.54, 1.807) is 13.0 Å². The van der Waals surface area contributed by atoms with E-state index in [-0.39, 0.29) is 36.8 Å². The largest absolute Gasteiger partial charge is 0.458 e. The molecule has 4 saturated carbocycles. The van der Waals surface area contributed by atoms with Crippen LogP contribution in [0.15, 0.2) is 11.6 Å². The number of hydrogen-bond acceptors (Lipinski definition) is 10. The van der Waals surface area contributed by atoms with Gasteiger partial charge in [-0.05, 0) is 75.2 Å². The van der Waals surface area contributed by atoms with E-state index in [2.05, 4.69) is 0 Å². The van der Waals surface area contributed by atoms with Gasteiger partial charge in [-0.1, -0.05) is 13.8 Å². The van der Waals surface area contributed by atoms with Crippen molar-refractivity contribution in [2.75, 3.05) is 6.61 Å². The second-order valence-corrected chi connectivity index (χ2v) is 13.8. The van der Waals surface area contributed by atoms with E-state index in [1.807, 2.05) is 13.8 Å². The van der Waals surface area contributed by atoms with Crippen molar-refractivity contribution in [3.05, 3.63) is 11.6 Å². The Morgan fingerprint density at radius 2 is 1.67 bits per heavy atom. The third kappa shape index (κ3) is 3.86. The van der Waals surface area contributed by atoms with E-state index in [4.69, 9.17) is 14.2 Å². The van der Waals surface area contributed by atoms with E-state index in [0.717, 1.165) is 12.0 Å². The zero-order valence-electron chi connectivity index (χ0n) is 23.0. The maximum atomic E-state index is 12.4. The summed E-state index contributed by atoms with van der Waals surface area (Å²) in [6.45, 7) is 5.92. The zero-order chi connectivity index (χ0) is 28.1. The minimum absolute atomic E-state index is 0.0412. The molecular formula is C29H44O10. The van der Waals surface area contributed by atoms with Gasteiger partial charge < -0.3 is 44.8 Å². The van der Waals surface area contributed by atoms with Crippen LogP contribution in [0.3, 0.4) is 0 Å². The molecule has 39 heavy (non-hydrogen) atoms. The molecule has 220 valence electrons. The Morgan fingerprint density at radius 3 is 2.36 bits per heavy atom. The number of hydrogen-bond donors (Lipinski definition) is 6. The van der Waals surface area contributed by atoms with Crippen LogP contribution in [0.4, 0.5) is 0 Å². The maximum absolute atomic E-state index is 12.4. The fraction of sp³-hybridized carbons (Fsp3) is 0.897. The molecule has 4 aliphatic carbocycles. The molecule has 0 amide bonds. The fourth-order valence-corrected chi connectivity index (χ4v) is 9.89. The van der Waals surface area contributed by atoms with Crippen molar-refractivity contribution >= 4 is 5.97 Å². The summed E-state index contributed by atoms with van der Waals surface area (Å²) in [5.74, 6) is -0.893. The normalized spacial score (nSPS) is 57.3. The van der Waals surface area contributed by atoms with Gasteiger partial charge in [0.05, 0.1) is 29.5 Å². The number of rotatable bonds is 3. The van der Waals surface area contributed by atoms with Gasteiger partial charge in [0.2, 0.25) is 0 Å². The first kappa shape index (κ1) is 28.0. The summed E-state index contributed by atoms with van der Waals surface area (Å²) < 4.78 is 16.9. The second kappa shape index (κ2) is 9.19. The average molecular weight is 553 g/mol. The summed E-state index contributed by atoms with van der Waals surface area (Å²) in [5.41, 5.74) is -2.54. The monoisotopic (exact) mass is 552 g/mol. The van der Waals surface area contributed by atoms with Crippen LogP contribution in [0.25, 0.3) is 0 Å². The highest BCUT2D eigenvalue weighted by atomic mass is 16.7. The first-order valence-corrected chi connectivity index (χ1v) is 14.6. The highest BCUT2D eigenvalue weighted by molar-refractivity contribution is 5.85. The lowest BCUT2D eigenvalue weighted by Crippen LogP contribution is -2.71. The maximum Gasteiger partial charge on any atom is 0.331 e. The average Bonchev–Trinajstić information content (AvgIpc) is 3.41. The van der Waals surface area contributed by atoms with Crippen LogP contribution < -0.4 is 0 Å². The molecule has 0 aromatic carbocycles. The molecule has 0 aromatic rings. The Balaban J connectivity index is 1.22. The third-order valence-electron chi connectivity index (χ3n) is 12.2. The van der Waals surface area contributed by atoms with Gasteiger partial charge in [-0.15, -0.1) is 0 Å². The lowest BCUT2D eigenvalue weighted by Gasteiger charge is -2.67. The van der Waals surface area contributed by atoms with Gasteiger partial charge in [-0.2, -0.15) is 0 Å². The topological polar surface area (TPSA) is 166 Å². The lowest BCUT2D eigenvalue weighted by atomic mass is 9.41. The van der Waals surface area contributed by atoms with Gasteiger partial charge >= 0.3 is 5.97 Å². The fourth-order valence-electron chi connectivity index (χ4n) is 9.89. The molecule has 6 N–H and O–H groups in total. The van der Waals surface area contributed by atoms with Crippen LogP contribution in [-0.4, -0.2) is 97.3 Å². The standard InChI is InChI=1S/C29H44O10/c1-14-22(32)23(33)24(34)25(38-14)39-16-4-7-26(2)21-18(5-8-28(26,35)11-16)29(36)9-6-17(15-10-20(31)37-13-15)27(29,3)12-19(21)30/h10,14,16-19,21-25,30,32-36H,4-9,11-13H2,1-3H3. The van der Waals surface area contributed by atoms with Gasteiger partial charge in [-0.3, -0.25) is 0 Å². The number of carbonyl (C=O) groups is 1. The summed E-state index contributed by atoms with van der Waals surface area (Å²) in [6.07, 6.45) is -1.39. The van der Waals surface area contributed by atoms with Gasteiger partial charge in [-0.25, -0.2) is 4.79 Å².